The number of esters is 2. The summed E-state index contributed by atoms with van der Waals surface area (Å²) in [5, 5.41) is 10.8. The summed E-state index contributed by atoms with van der Waals surface area (Å²) in [5.74, 6) is -0.955. The summed E-state index contributed by atoms with van der Waals surface area (Å²) in [7, 11) is 1.35. The normalized spacial score (nSPS) is 21.2. The van der Waals surface area contributed by atoms with Crippen LogP contribution in [0.3, 0.4) is 0 Å². The van der Waals surface area contributed by atoms with Crippen molar-refractivity contribution in [1.29, 1.82) is 0 Å². The average Bonchev–Trinajstić information content (AvgIpc) is 2.93. The average molecular weight is 349 g/mol. The molecule has 1 aromatic rings. The van der Waals surface area contributed by atoms with E-state index in [0.29, 0.717) is 31.5 Å². The number of benzene rings is 1. The van der Waals surface area contributed by atoms with Gasteiger partial charge in [-0.25, -0.2) is 9.59 Å². The predicted octanol–water partition coefficient (Wildman–Crippen LogP) is 2.14. The zero-order chi connectivity index (χ0) is 18.7. The van der Waals surface area contributed by atoms with E-state index in [4.69, 9.17) is 4.74 Å². The molecule has 0 bridgehead atoms. The number of methoxy groups -OCH3 is 1. The fraction of sp³-hybridized carbons (Fsp3) is 0.579. The van der Waals surface area contributed by atoms with E-state index in [9.17, 15) is 14.7 Å². The first kappa shape index (κ1) is 19.4. The number of aliphatic hydroxyl groups is 1. The van der Waals surface area contributed by atoms with E-state index in [2.05, 4.69) is 4.74 Å². The molecule has 25 heavy (non-hydrogen) atoms. The van der Waals surface area contributed by atoms with Gasteiger partial charge in [-0.1, -0.05) is 12.1 Å². The van der Waals surface area contributed by atoms with Crippen molar-refractivity contribution in [1.82, 2.24) is 4.90 Å². The number of likely N-dealkylation sites (tertiary alicyclic amines) is 1. The molecule has 1 aliphatic rings. The second-order valence-corrected chi connectivity index (χ2v) is 7.35. The van der Waals surface area contributed by atoms with Crippen molar-refractivity contribution in [3.63, 3.8) is 0 Å². The lowest BCUT2D eigenvalue weighted by atomic mass is 10.1. The first-order valence-electron chi connectivity index (χ1n) is 8.54. The molecule has 0 amide bonds. The Morgan fingerprint density at radius 1 is 1.24 bits per heavy atom. The molecule has 1 atom stereocenters. The van der Waals surface area contributed by atoms with E-state index in [0.717, 1.165) is 12.0 Å². The minimum absolute atomic E-state index is 0.370. The summed E-state index contributed by atoms with van der Waals surface area (Å²) in [6, 6.07) is 7.14. The van der Waals surface area contributed by atoms with Gasteiger partial charge in [0, 0.05) is 19.5 Å². The van der Waals surface area contributed by atoms with Gasteiger partial charge in [0.15, 0.2) is 0 Å². The number of carbonyl (C=O) groups is 2. The summed E-state index contributed by atoms with van der Waals surface area (Å²) in [6.07, 6.45) is 1.78. The molecule has 2 rings (SSSR count). The predicted molar refractivity (Wildman–Crippen MR) is 93.1 cm³/mol. The standard InChI is InChI=1S/C19H27NO5/c1-18(2,3)25-17(22)19(23)11-5-12-20(19)13-10-14-6-8-15(9-7-14)16(21)24-4/h6-9,23H,5,10-13H2,1-4H3. The highest BCUT2D eigenvalue weighted by Gasteiger charge is 2.48. The lowest BCUT2D eigenvalue weighted by Gasteiger charge is -2.34. The second-order valence-electron chi connectivity index (χ2n) is 7.35. The van der Waals surface area contributed by atoms with Crippen molar-refractivity contribution in [3.05, 3.63) is 35.4 Å². The molecule has 1 N–H and O–H groups in total. The van der Waals surface area contributed by atoms with E-state index in [1.165, 1.54) is 7.11 Å². The molecule has 6 heteroatoms. The Morgan fingerprint density at radius 3 is 2.44 bits per heavy atom. The Morgan fingerprint density at radius 2 is 1.88 bits per heavy atom. The Bertz CT molecular complexity index is 620. The van der Waals surface area contributed by atoms with E-state index >= 15 is 0 Å². The Hall–Kier alpha value is -1.92. The summed E-state index contributed by atoms with van der Waals surface area (Å²) >= 11 is 0. The number of nitrogens with zero attached hydrogens (tertiary/aromatic N) is 1. The topological polar surface area (TPSA) is 76.1 Å². The van der Waals surface area contributed by atoms with E-state index in [1.54, 1.807) is 37.8 Å². The highest BCUT2D eigenvalue weighted by molar-refractivity contribution is 5.89. The van der Waals surface area contributed by atoms with Crippen LogP contribution in [0.5, 0.6) is 0 Å². The zero-order valence-electron chi connectivity index (χ0n) is 15.4. The highest BCUT2D eigenvalue weighted by atomic mass is 16.6. The van der Waals surface area contributed by atoms with Gasteiger partial charge in [-0.2, -0.15) is 0 Å². The smallest absolute Gasteiger partial charge is 0.354 e. The first-order chi connectivity index (χ1) is 11.7. The molecule has 1 saturated heterocycles. The number of rotatable bonds is 5. The summed E-state index contributed by atoms with van der Waals surface area (Å²) in [4.78, 5) is 25.6. The fourth-order valence-electron chi connectivity index (χ4n) is 2.94. The molecule has 6 nitrogen and oxygen atoms in total. The lowest BCUT2D eigenvalue weighted by Crippen LogP contribution is -2.53. The first-order valence-corrected chi connectivity index (χ1v) is 8.54. The summed E-state index contributed by atoms with van der Waals surface area (Å²) < 4.78 is 10.1. The van der Waals surface area contributed by atoms with Crippen molar-refractivity contribution in [2.75, 3.05) is 20.2 Å². The third-order valence-corrected chi connectivity index (χ3v) is 4.25. The van der Waals surface area contributed by atoms with Gasteiger partial charge in [-0.3, -0.25) is 4.90 Å². The third kappa shape index (κ3) is 4.80. The van der Waals surface area contributed by atoms with Crippen LogP contribution < -0.4 is 0 Å². The van der Waals surface area contributed by atoms with Gasteiger partial charge in [0.2, 0.25) is 5.72 Å². The maximum atomic E-state index is 12.4. The van der Waals surface area contributed by atoms with Gasteiger partial charge in [0.25, 0.3) is 0 Å². The Balaban J connectivity index is 1.99. The van der Waals surface area contributed by atoms with Gasteiger partial charge >= 0.3 is 11.9 Å². The SMILES string of the molecule is COC(=O)c1ccc(CCN2CCCC2(O)C(=O)OC(C)(C)C)cc1. The van der Waals surface area contributed by atoms with Crippen LogP contribution >= 0.6 is 0 Å². The van der Waals surface area contributed by atoms with Crippen LogP contribution in [0.4, 0.5) is 0 Å². The van der Waals surface area contributed by atoms with Crippen molar-refractivity contribution in [2.24, 2.45) is 0 Å². The van der Waals surface area contributed by atoms with E-state index < -0.39 is 17.3 Å². The van der Waals surface area contributed by atoms with Crippen LogP contribution in [0.25, 0.3) is 0 Å². The molecule has 1 fully saturated rings. The van der Waals surface area contributed by atoms with E-state index in [-0.39, 0.29) is 5.97 Å². The van der Waals surface area contributed by atoms with Crippen molar-refractivity contribution >= 4 is 11.9 Å². The Kier molecular flexibility index (Phi) is 5.85. The van der Waals surface area contributed by atoms with Crippen LogP contribution in [0.15, 0.2) is 24.3 Å². The summed E-state index contributed by atoms with van der Waals surface area (Å²) in [6.45, 7) is 6.55. The van der Waals surface area contributed by atoms with E-state index in [1.807, 2.05) is 12.1 Å². The zero-order valence-corrected chi connectivity index (χ0v) is 15.4. The molecule has 1 unspecified atom stereocenters. The number of hydrogen-bond donors (Lipinski definition) is 1. The fourth-order valence-corrected chi connectivity index (χ4v) is 2.94. The van der Waals surface area contributed by atoms with Gasteiger partial charge in [-0.15, -0.1) is 0 Å². The monoisotopic (exact) mass is 349 g/mol. The molecule has 1 aromatic carbocycles. The molecular formula is C19H27NO5. The molecule has 0 saturated carbocycles. The lowest BCUT2D eigenvalue weighted by molar-refractivity contribution is -0.194. The minimum Gasteiger partial charge on any atom is -0.465 e. The second kappa shape index (κ2) is 7.54. The molecule has 0 aromatic heterocycles. The maximum Gasteiger partial charge on any atom is 0.354 e. The van der Waals surface area contributed by atoms with Crippen molar-refractivity contribution < 1.29 is 24.2 Å². The molecule has 0 radical (unpaired) electrons. The number of carbonyl (C=O) groups excluding carboxylic acids is 2. The van der Waals surface area contributed by atoms with Crippen molar-refractivity contribution in [2.45, 2.75) is 51.4 Å². The quantitative estimate of drug-likeness (QED) is 0.821. The van der Waals surface area contributed by atoms with Gasteiger partial charge in [0.05, 0.1) is 12.7 Å². The molecule has 1 heterocycles. The van der Waals surface area contributed by atoms with Crippen LogP contribution in [0, 0.1) is 0 Å². The molecular weight excluding hydrogens is 322 g/mol. The third-order valence-electron chi connectivity index (χ3n) is 4.25. The molecule has 0 aliphatic carbocycles. The van der Waals surface area contributed by atoms with Crippen LogP contribution in [-0.2, 0) is 20.7 Å². The van der Waals surface area contributed by atoms with Crippen LogP contribution in [-0.4, -0.2) is 53.5 Å². The van der Waals surface area contributed by atoms with Crippen LogP contribution in [0.1, 0.15) is 49.5 Å². The largest absolute Gasteiger partial charge is 0.465 e. The Labute approximate surface area is 148 Å². The minimum atomic E-state index is -1.56. The summed E-state index contributed by atoms with van der Waals surface area (Å²) in [5.41, 5.74) is -0.673. The molecule has 1 aliphatic heterocycles. The van der Waals surface area contributed by atoms with Gasteiger partial charge < -0.3 is 14.6 Å². The number of hydrogen-bond acceptors (Lipinski definition) is 6. The number of ether oxygens (including phenoxy) is 2. The van der Waals surface area contributed by atoms with Gasteiger partial charge in [-0.05, 0) is 51.3 Å². The van der Waals surface area contributed by atoms with Gasteiger partial charge in [0.1, 0.15) is 5.60 Å². The van der Waals surface area contributed by atoms with Crippen LogP contribution in [0.2, 0.25) is 0 Å². The molecule has 138 valence electrons. The maximum absolute atomic E-state index is 12.4. The highest BCUT2D eigenvalue weighted by Crippen LogP contribution is 2.29. The molecule has 0 spiro atoms. The van der Waals surface area contributed by atoms with Crippen molar-refractivity contribution in [3.8, 4) is 0 Å².